The zero-order valence-electron chi connectivity index (χ0n) is 12.4. The second kappa shape index (κ2) is 8.12. The zero-order valence-corrected chi connectivity index (χ0v) is 13.2. The van der Waals surface area contributed by atoms with E-state index in [-0.39, 0.29) is 11.8 Å². The Kier molecular flexibility index (Phi) is 6.18. The van der Waals surface area contributed by atoms with E-state index >= 15 is 0 Å². The van der Waals surface area contributed by atoms with Crippen LogP contribution >= 0.6 is 11.6 Å². The third-order valence-corrected chi connectivity index (χ3v) is 3.47. The highest BCUT2D eigenvalue weighted by atomic mass is 35.5. The second-order valence-corrected chi connectivity index (χ2v) is 5.44. The Morgan fingerprint density at radius 1 is 1.45 bits per heavy atom. The molecule has 2 rings (SSSR count). The van der Waals surface area contributed by atoms with Gasteiger partial charge in [-0.15, -0.1) is 0 Å². The molecule has 1 aliphatic heterocycles. The van der Waals surface area contributed by atoms with Crippen molar-refractivity contribution in [3.63, 3.8) is 0 Å². The number of ether oxygens (including phenoxy) is 1. The van der Waals surface area contributed by atoms with Gasteiger partial charge in [-0.3, -0.25) is 9.59 Å². The molecule has 1 aromatic carbocycles. The quantitative estimate of drug-likeness (QED) is 0.764. The van der Waals surface area contributed by atoms with E-state index in [1.165, 1.54) is 0 Å². The Morgan fingerprint density at radius 2 is 2.27 bits per heavy atom. The molecule has 1 heterocycles. The number of rotatable bonds is 5. The summed E-state index contributed by atoms with van der Waals surface area (Å²) in [6.07, 6.45) is 0.266. The predicted molar refractivity (Wildman–Crippen MR) is 85.3 cm³/mol. The van der Waals surface area contributed by atoms with Gasteiger partial charge in [0.1, 0.15) is 6.10 Å². The molecule has 6 nitrogen and oxygen atoms in total. The largest absolute Gasteiger partial charge is 0.366 e. The molecule has 0 radical (unpaired) electrons. The van der Waals surface area contributed by atoms with Gasteiger partial charge in [-0.2, -0.15) is 0 Å². The molecule has 1 atom stereocenters. The summed E-state index contributed by atoms with van der Waals surface area (Å²) in [5.41, 5.74) is 0.773. The summed E-state index contributed by atoms with van der Waals surface area (Å²) in [5, 5.41) is 9.05. The lowest BCUT2D eigenvalue weighted by Gasteiger charge is -2.23. The smallest absolute Gasteiger partial charge is 0.254 e. The summed E-state index contributed by atoms with van der Waals surface area (Å²) >= 11 is 5.97. The number of amides is 2. The number of halogens is 1. The standard InChI is InChI=1S/C15H20ClN3O3/c1-2-5-18-14(20)11-4-3-10(16)8-12(11)19-15(21)13-9-17-6-7-22-13/h3-4,8,13,17H,2,5-7,9H2,1H3,(H,18,20)(H,19,21). The SMILES string of the molecule is CCCNC(=O)c1ccc(Cl)cc1NC(=O)C1CNCCO1. The summed E-state index contributed by atoms with van der Waals surface area (Å²) in [5.74, 6) is -0.532. The molecule has 22 heavy (non-hydrogen) atoms. The van der Waals surface area contributed by atoms with E-state index in [4.69, 9.17) is 16.3 Å². The van der Waals surface area contributed by atoms with Crippen LogP contribution in [-0.2, 0) is 9.53 Å². The Balaban J connectivity index is 2.12. The molecule has 1 aliphatic rings. The van der Waals surface area contributed by atoms with Crippen LogP contribution in [-0.4, -0.2) is 44.2 Å². The molecule has 0 saturated carbocycles. The topological polar surface area (TPSA) is 79.5 Å². The molecular formula is C15H20ClN3O3. The molecular weight excluding hydrogens is 306 g/mol. The van der Waals surface area contributed by atoms with Crippen molar-refractivity contribution in [3.8, 4) is 0 Å². The van der Waals surface area contributed by atoms with Crippen molar-refractivity contribution in [2.75, 3.05) is 31.6 Å². The number of anilines is 1. The molecule has 1 fully saturated rings. The van der Waals surface area contributed by atoms with Crippen LogP contribution in [0.1, 0.15) is 23.7 Å². The van der Waals surface area contributed by atoms with Crippen molar-refractivity contribution in [2.45, 2.75) is 19.4 Å². The van der Waals surface area contributed by atoms with E-state index in [9.17, 15) is 9.59 Å². The van der Waals surface area contributed by atoms with Crippen LogP contribution in [0.25, 0.3) is 0 Å². The summed E-state index contributed by atoms with van der Waals surface area (Å²) in [7, 11) is 0. The van der Waals surface area contributed by atoms with Crippen LogP contribution in [0.15, 0.2) is 18.2 Å². The number of carbonyl (C=O) groups excluding carboxylic acids is 2. The van der Waals surface area contributed by atoms with E-state index < -0.39 is 6.10 Å². The fraction of sp³-hybridized carbons (Fsp3) is 0.467. The molecule has 1 saturated heterocycles. The van der Waals surface area contributed by atoms with E-state index in [0.29, 0.717) is 36.0 Å². The van der Waals surface area contributed by atoms with Crippen LogP contribution in [0, 0.1) is 0 Å². The molecule has 0 aliphatic carbocycles. The first-order valence-corrected chi connectivity index (χ1v) is 7.70. The highest BCUT2D eigenvalue weighted by Gasteiger charge is 2.23. The fourth-order valence-corrected chi connectivity index (χ4v) is 2.27. The Morgan fingerprint density at radius 3 is 2.95 bits per heavy atom. The van der Waals surface area contributed by atoms with Gasteiger partial charge in [0.05, 0.1) is 17.9 Å². The van der Waals surface area contributed by atoms with Crippen LogP contribution in [0.4, 0.5) is 5.69 Å². The number of morpholine rings is 1. The summed E-state index contributed by atoms with van der Waals surface area (Å²) in [4.78, 5) is 24.4. The minimum atomic E-state index is -0.570. The zero-order chi connectivity index (χ0) is 15.9. The highest BCUT2D eigenvalue weighted by Crippen LogP contribution is 2.21. The monoisotopic (exact) mass is 325 g/mol. The number of hydrogen-bond donors (Lipinski definition) is 3. The third kappa shape index (κ3) is 4.43. The maximum Gasteiger partial charge on any atom is 0.254 e. The highest BCUT2D eigenvalue weighted by molar-refractivity contribution is 6.31. The van der Waals surface area contributed by atoms with Gasteiger partial charge in [0.15, 0.2) is 0 Å². The molecule has 0 spiro atoms. The van der Waals surface area contributed by atoms with Crippen molar-refractivity contribution in [1.29, 1.82) is 0 Å². The van der Waals surface area contributed by atoms with Crippen LogP contribution < -0.4 is 16.0 Å². The average Bonchev–Trinajstić information content (AvgIpc) is 2.53. The number of carbonyl (C=O) groups is 2. The van der Waals surface area contributed by atoms with E-state index in [1.807, 2.05) is 6.92 Å². The van der Waals surface area contributed by atoms with Crippen molar-refractivity contribution < 1.29 is 14.3 Å². The normalized spacial score (nSPS) is 17.8. The lowest BCUT2D eigenvalue weighted by Crippen LogP contribution is -2.45. The van der Waals surface area contributed by atoms with Crippen LogP contribution in [0.5, 0.6) is 0 Å². The Bertz CT molecular complexity index is 545. The molecule has 1 aromatic rings. The molecule has 3 N–H and O–H groups in total. The van der Waals surface area contributed by atoms with Crippen LogP contribution in [0.2, 0.25) is 5.02 Å². The van der Waals surface area contributed by atoms with E-state index in [2.05, 4.69) is 16.0 Å². The minimum absolute atomic E-state index is 0.239. The maximum atomic E-state index is 12.2. The van der Waals surface area contributed by atoms with Gasteiger partial charge >= 0.3 is 0 Å². The van der Waals surface area contributed by atoms with Gasteiger partial charge in [0.25, 0.3) is 11.8 Å². The van der Waals surface area contributed by atoms with Gasteiger partial charge in [-0.05, 0) is 24.6 Å². The van der Waals surface area contributed by atoms with E-state index in [1.54, 1.807) is 18.2 Å². The predicted octanol–water partition coefficient (Wildman–Crippen LogP) is 1.41. The lowest BCUT2D eigenvalue weighted by atomic mass is 10.1. The van der Waals surface area contributed by atoms with E-state index in [0.717, 1.165) is 13.0 Å². The number of hydrogen-bond acceptors (Lipinski definition) is 4. The first-order valence-electron chi connectivity index (χ1n) is 7.32. The van der Waals surface area contributed by atoms with Crippen LogP contribution in [0.3, 0.4) is 0 Å². The summed E-state index contributed by atoms with van der Waals surface area (Å²) < 4.78 is 5.40. The number of benzene rings is 1. The van der Waals surface area contributed by atoms with Gasteiger partial charge < -0.3 is 20.7 Å². The Labute approximate surface area is 134 Å². The first-order chi connectivity index (χ1) is 10.6. The molecule has 0 bridgehead atoms. The summed E-state index contributed by atoms with van der Waals surface area (Å²) in [6, 6.07) is 4.79. The van der Waals surface area contributed by atoms with Crippen molar-refractivity contribution in [3.05, 3.63) is 28.8 Å². The first kappa shape index (κ1) is 16.7. The fourth-order valence-electron chi connectivity index (χ4n) is 2.10. The lowest BCUT2D eigenvalue weighted by molar-refractivity contribution is -0.128. The average molecular weight is 326 g/mol. The van der Waals surface area contributed by atoms with Gasteiger partial charge in [0.2, 0.25) is 0 Å². The Hall–Kier alpha value is -1.63. The molecule has 120 valence electrons. The third-order valence-electron chi connectivity index (χ3n) is 3.24. The molecule has 1 unspecified atom stereocenters. The van der Waals surface area contributed by atoms with Gasteiger partial charge in [-0.1, -0.05) is 18.5 Å². The number of nitrogens with one attached hydrogen (secondary N) is 3. The van der Waals surface area contributed by atoms with Crippen molar-refractivity contribution in [2.24, 2.45) is 0 Å². The molecule has 2 amide bonds. The van der Waals surface area contributed by atoms with Crippen molar-refractivity contribution >= 4 is 29.1 Å². The van der Waals surface area contributed by atoms with Gasteiger partial charge in [0, 0.05) is 24.7 Å². The van der Waals surface area contributed by atoms with Crippen molar-refractivity contribution in [1.82, 2.24) is 10.6 Å². The van der Waals surface area contributed by atoms with Gasteiger partial charge in [-0.25, -0.2) is 0 Å². The molecule has 0 aromatic heterocycles. The summed E-state index contributed by atoms with van der Waals surface area (Å²) in [6.45, 7) is 4.20. The second-order valence-electron chi connectivity index (χ2n) is 5.00. The maximum absolute atomic E-state index is 12.2. The minimum Gasteiger partial charge on any atom is -0.366 e. The molecule has 7 heteroatoms.